The van der Waals surface area contributed by atoms with Crippen molar-refractivity contribution in [1.82, 2.24) is 5.32 Å². The number of hydrogen-bond acceptors (Lipinski definition) is 3. The maximum absolute atomic E-state index is 12.5. The summed E-state index contributed by atoms with van der Waals surface area (Å²) in [5.41, 5.74) is 0. The monoisotopic (exact) mass is 980 g/mol. The maximum atomic E-state index is 12.5. The summed E-state index contributed by atoms with van der Waals surface area (Å²) < 4.78 is 0. The summed E-state index contributed by atoms with van der Waals surface area (Å²) in [6, 6.07) is -0.640. The molecule has 1 amide bonds. The van der Waals surface area contributed by atoms with Crippen LogP contribution in [0.2, 0.25) is 0 Å². The van der Waals surface area contributed by atoms with Gasteiger partial charge in [-0.2, -0.15) is 0 Å². The molecular formula is C66H125NO3. The fraction of sp³-hybridized carbons (Fsp3) is 0.864. The van der Waals surface area contributed by atoms with E-state index in [2.05, 4.69) is 55.6 Å². The summed E-state index contributed by atoms with van der Waals surface area (Å²) >= 11 is 0. The maximum Gasteiger partial charge on any atom is 0.220 e. The zero-order chi connectivity index (χ0) is 50.6. The van der Waals surface area contributed by atoms with Gasteiger partial charge in [0.15, 0.2) is 0 Å². The molecule has 70 heavy (non-hydrogen) atoms. The molecule has 0 aliphatic carbocycles. The predicted molar refractivity (Wildman–Crippen MR) is 313 cm³/mol. The highest BCUT2D eigenvalue weighted by Gasteiger charge is 2.18. The highest BCUT2D eigenvalue weighted by atomic mass is 16.3. The van der Waals surface area contributed by atoms with E-state index in [-0.39, 0.29) is 12.5 Å². The Hall–Kier alpha value is -1.65. The molecule has 3 N–H and O–H groups in total. The Morgan fingerprint density at radius 2 is 0.600 bits per heavy atom. The van der Waals surface area contributed by atoms with Crippen LogP contribution >= 0.6 is 0 Å². The molecule has 4 heteroatoms. The van der Waals surface area contributed by atoms with Crippen molar-refractivity contribution in [3.05, 3.63) is 48.6 Å². The minimum absolute atomic E-state index is 0.0691. The lowest BCUT2D eigenvalue weighted by atomic mass is 10.0. The Kier molecular flexibility index (Phi) is 60.2. The van der Waals surface area contributed by atoms with Gasteiger partial charge in [0, 0.05) is 6.42 Å². The van der Waals surface area contributed by atoms with E-state index in [0.29, 0.717) is 6.42 Å². The molecule has 0 spiro atoms. The topological polar surface area (TPSA) is 69.6 Å². The van der Waals surface area contributed by atoms with Crippen LogP contribution in [0.4, 0.5) is 0 Å². The summed E-state index contributed by atoms with van der Waals surface area (Å²) in [7, 11) is 0. The molecule has 0 heterocycles. The van der Waals surface area contributed by atoms with Crippen LogP contribution in [0.3, 0.4) is 0 Å². The molecule has 0 aromatic rings. The van der Waals surface area contributed by atoms with Crippen molar-refractivity contribution in [3.8, 4) is 0 Å². The Labute approximate surface area is 439 Å². The van der Waals surface area contributed by atoms with Gasteiger partial charge in [-0.3, -0.25) is 4.79 Å². The lowest BCUT2D eigenvalue weighted by Crippen LogP contribution is -2.45. The molecule has 0 bridgehead atoms. The largest absolute Gasteiger partial charge is 0.394 e. The summed E-state index contributed by atoms with van der Waals surface area (Å²) in [4.78, 5) is 12.5. The highest BCUT2D eigenvalue weighted by molar-refractivity contribution is 5.76. The number of aliphatic hydroxyl groups is 2. The van der Waals surface area contributed by atoms with Crippen molar-refractivity contribution >= 4 is 5.91 Å². The molecule has 0 saturated carbocycles. The number of carbonyl (C=O) groups excluding carboxylic acids is 1. The second-order valence-corrected chi connectivity index (χ2v) is 21.8. The lowest BCUT2D eigenvalue weighted by Gasteiger charge is -2.19. The van der Waals surface area contributed by atoms with Crippen molar-refractivity contribution in [1.29, 1.82) is 0 Å². The first-order chi connectivity index (χ1) is 34.7. The molecule has 0 saturated heterocycles. The SMILES string of the molecule is CCCCCCCCCCCCCCC/C=C\C/C=C\CCCCCCCCCCCCCCCCCCCC(=O)NC(CO)C(O)/C=C/CC/C=C/CCCCCCCCCCCCCCCCC. The summed E-state index contributed by atoms with van der Waals surface area (Å²) in [5.74, 6) is -0.0691. The van der Waals surface area contributed by atoms with E-state index >= 15 is 0 Å². The van der Waals surface area contributed by atoms with Gasteiger partial charge in [-0.25, -0.2) is 0 Å². The third-order valence-corrected chi connectivity index (χ3v) is 14.8. The highest BCUT2D eigenvalue weighted by Crippen LogP contribution is 2.18. The van der Waals surface area contributed by atoms with E-state index in [1.807, 2.05) is 6.08 Å². The van der Waals surface area contributed by atoms with Gasteiger partial charge in [0.1, 0.15) is 0 Å². The first-order valence-electron chi connectivity index (χ1n) is 31.9. The van der Waals surface area contributed by atoms with Crippen molar-refractivity contribution in [2.24, 2.45) is 0 Å². The molecule has 0 radical (unpaired) electrons. The van der Waals surface area contributed by atoms with Gasteiger partial charge < -0.3 is 15.5 Å². The standard InChI is InChI=1S/C66H125NO3/c1-3-5-7-9-11-13-15-17-19-21-23-25-26-27-28-29-30-31-32-33-34-35-36-37-38-39-40-42-44-46-48-50-52-54-56-58-60-62-66(70)67-64(63-68)65(69)61-59-57-55-53-51-49-47-45-43-41-24-22-20-18-16-14-12-10-8-6-4-2/h28-29,31-32,51,53,59,61,64-65,68-69H,3-27,30,33-50,52,54-58,60,62-63H2,1-2H3,(H,67,70)/b29-28-,32-31-,53-51+,61-59+. The third-order valence-electron chi connectivity index (χ3n) is 14.8. The molecule has 2 unspecified atom stereocenters. The Morgan fingerprint density at radius 3 is 0.914 bits per heavy atom. The average Bonchev–Trinajstić information content (AvgIpc) is 3.36. The number of allylic oxidation sites excluding steroid dienone is 7. The van der Waals surface area contributed by atoms with Gasteiger partial charge in [-0.15, -0.1) is 0 Å². The molecule has 0 fully saturated rings. The fourth-order valence-electron chi connectivity index (χ4n) is 9.94. The van der Waals surface area contributed by atoms with E-state index in [9.17, 15) is 15.0 Å². The van der Waals surface area contributed by atoms with Gasteiger partial charge in [-0.05, 0) is 64.2 Å². The van der Waals surface area contributed by atoms with Crippen LogP contribution in [-0.4, -0.2) is 34.9 Å². The molecule has 4 nitrogen and oxygen atoms in total. The predicted octanol–water partition coefficient (Wildman–Crippen LogP) is 21.4. The molecule has 0 aromatic heterocycles. The minimum Gasteiger partial charge on any atom is -0.394 e. The van der Waals surface area contributed by atoms with Gasteiger partial charge in [0.2, 0.25) is 5.91 Å². The molecule has 2 atom stereocenters. The summed E-state index contributed by atoms with van der Waals surface area (Å²) in [6.07, 6.45) is 86.0. The van der Waals surface area contributed by atoms with Gasteiger partial charge in [0.25, 0.3) is 0 Å². The first kappa shape index (κ1) is 68.4. The first-order valence-corrected chi connectivity index (χ1v) is 31.9. The van der Waals surface area contributed by atoms with E-state index in [0.717, 1.165) is 38.5 Å². The number of amides is 1. The van der Waals surface area contributed by atoms with Gasteiger partial charge in [0.05, 0.1) is 18.8 Å². The van der Waals surface area contributed by atoms with Gasteiger partial charge in [-0.1, -0.05) is 326 Å². The summed E-state index contributed by atoms with van der Waals surface area (Å²) in [5, 5.41) is 23.2. The Morgan fingerprint density at radius 1 is 0.343 bits per heavy atom. The third kappa shape index (κ3) is 57.3. The van der Waals surface area contributed by atoms with Crippen LogP contribution in [0, 0.1) is 0 Å². The summed E-state index contributed by atoms with van der Waals surface area (Å²) in [6.45, 7) is 4.33. The second kappa shape index (κ2) is 61.6. The normalized spacial score (nSPS) is 13.0. The zero-order valence-electron chi connectivity index (χ0n) is 47.6. The van der Waals surface area contributed by atoms with E-state index < -0.39 is 12.1 Å². The molecule has 0 rings (SSSR count). The number of hydrogen-bond donors (Lipinski definition) is 3. The molecule has 412 valence electrons. The Balaban J connectivity index is 3.46. The second-order valence-electron chi connectivity index (χ2n) is 21.8. The zero-order valence-corrected chi connectivity index (χ0v) is 47.6. The van der Waals surface area contributed by atoms with Crippen LogP contribution in [0.1, 0.15) is 348 Å². The van der Waals surface area contributed by atoms with Crippen LogP contribution in [0.5, 0.6) is 0 Å². The van der Waals surface area contributed by atoms with Crippen LogP contribution in [-0.2, 0) is 4.79 Å². The smallest absolute Gasteiger partial charge is 0.220 e. The molecular weight excluding hydrogens is 855 g/mol. The number of nitrogens with one attached hydrogen (secondary N) is 1. The molecule has 0 aromatic carbocycles. The van der Waals surface area contributed by atoms with Crippen LogP contribution < -0.4 is 5.32 Å². The minimum atomic E-state index is -0.863. The van der Waals surface area contributed by atoms with Crippen molar-refractivity contribution < 1.29 is 15.0 Å². The van der Waals surface area contributed by atoms with Crippen molar-refractivity contribution in [3.63, 3.8) is 0 Å². The quantitative estimate of drug-likeness (QED) is 0.0420. The fourth-order valence-corrected chi connectivity index (χ4v) is 9.94. The lowest BCUT2D eigenvalue weighted by molar-refractivity contribution is -0.123. The molecule has 0 aliphatic heterocycles. The number of rotatable bonds is 59. The van der Waals surface area contributed by atoms with E-state index in [1.54, 1.807) is 6.08 Å². The van der Waals surface area contributed by atoms with Crippen molar-refractivity contribution in [2.45, 2.75) is 360 Å². The van der Waals surface area contributed by atoms with Crippen LogP contribution in [0.25, 0.3) is 0 Å². The average molecular weight is 981 g/mol. The van der Waals surface area contributed by atoms with Crippen LogP contribution in [0.15, 0.2) is 48.6 Å². The van der Waals surface area contributed by atoms with E-state index in [1.165, 1.54) is 289 Å². The molecule has 0 aliphatic rings. The number of aliphatic hydroxyl groups excluding tert-OH is 2. The van der Waals surface area contributed by atoms with E-state index in [4.69, 9.17) is 0 Å². The number of carbonyl (C=O) groups is 1. The Bertz CT molecular complexity index is 1110. The number of unbranched alkanes of at least 4 members (excludes halogenated alkanes) is 46. The van der Waals surface area contributed by atoms with Gasteiger partial charge >= 0.3 is 0 Å². The van der Waals surface area contributed by atoms with Crippen molar-refractivity contribution in [2.75, 3.05) is 6.61 Å².